The first-order valence-corrected chi connectivity index (χ1v) is 16.1. The highest BCUT2D eigenvalue weighted by molar-refractivity contribution is 6.02. The summed E-state index contributed by atoms with van der Waals surface area (Å²) in [5, 5.41) is 6.24. The molecule has 0 aliphatic carbocycles. The minimum absolute atomic E-state index is 0.0238. The molecule has 44 heavy (non-hydrogen) atoms. The van der Waals surface area contributed by atoms with Crippen LogP contribution in [0.4, 0.5) is 14.6 Å². The van der Waals surface area contributed by atoms with Crippen LogP contribution in [0.5, 0.6) is 11.9 Å². The Morgan fingerprint density at radius 2 is 1.98 bits per heavy atom. The van der Waals surface area contributed by atoms with E-state index in [9.17, 15) is 4.39 Å². The average molecular weight is 599 g/mol. The molecule has 4 fully saturated rings. The van der Waals surface area contributed by atoms with E-state index in [4.69, 9.17) is 24.4 Å². The van der Waals surface area contributed by atoms with E-state index in [1.165, 1.54) is 0 Å². The Kier molecular flexibility index (Phi) is 6.04. The monoisotopic (exact) mass is 598 g/mol. The summed E-state index contributed by atoms with van der Waals surface area (Å²) in [6.45, 7) is 4.84. The number of nitrogens with zero attached hydrogens (tertiary/aromatic N) is 5. The Hall–Kier alpha value is -3.63. The van der Waals surface area contributed by atoms with Gasteiger partial charge < -0.3 is 19.7 Å². The molecule has 4 aromatic rings. The lowest BCUT2D eigenvalue weighted by Crippen LogP contribution is -2.60. The van der Waals surface area contributed by atoms with Gasteiger partial charge in [-0.1, -0.05) is 43.3 Å². The number of benzene rings is 2. The summed E-state index contributed by atoms with van der Waals surface area (Å²) in [4.78, 5) is 19.0. The van der Waals surface area contributed by atoms with Crippen LogP contribution >= 0.6 is 0 Å². The Labute approximate surface area is 254 Å². The number of rotatable bonds is 5. The third-order valence-corrected chi connectivity index (χ3v) is 10.8. The number of fused-ring (bicyclic) bond motifs is 7. The van der Waals surface area contributed by atoms with Crippen molar-refractivity contribution in [3.8, 4) is 23.1 Å². The zero-order valence-corrected chi connectivity index (χ0v) is 24.9. The van der Waals surface area contributed by atoms with Gasteiger partial charge in [0.25, 0.3) is 0 Å². The third-order valence-electron chi connectivity index (χ3n) is 10.8. The molecule has 2 bridgehead atoms. The fourth-order valence-corrected chi connectivity index (χ4v) is 8.72. The largest absolute Gasteiger partial charge is 0.475 e. The lowest BCUT2D eigenvalue weighted by atomic mass is 9.95. The second-order valence-corrected chi connectivity index (χ2v) is 13.2. The van der Waals surface area contributed by atoms with Crippen LogP contribution in [0.25, 0.3) is 32.9 Å². The van der Waals surface area contributed by atoms with Gasteiger partial charge in [0.15, 0.2) is 5.82 Å². The number of hydrogen-bond acceptors (Lipinski definition) is 8. The van der Waals surface area contributed by atoms with Gasteiger partial charge in [-0.05, 0) is 55.0 Å². The van der Waals surface area contributed by atoms with Crippen LogP contribution in [-0.2, 0) is 6.42 Å². The van der Waals surface area contributed by atoms with Crippen molar-refractivity contribution < 1.29 is 18.3 Å². The standard InChI is InChI=1S/C34H36F2N6O2/c1-2-19-6-3-7-20-8-4-9-23(26(19)20)29-28(36)30-27-31(42-16-22-10-11-24(37-22)25(42)17-43-32(27)38-29)40-33(39-30)44-18-34-12-5-13-41(34)15-21(35)14-34/h3-4,6-9,21-22,24-25,37H,2,5,10-18H2,1H3/t21-,22?,24?,25?,34+/m1/s1. The van der Waals surface area contributed by atoms with E-state index in [0.29, 0.717) is 48.3 Å². The van der Waals surface area contributed by atoms with E-state index < -0.39 is 12.0 Å². The molecule has 8 nitrogen and oxygen atoms in total. The highest BCUT2D eigenvalue weighted by atomic mass is 19.1. The molecule has 1 N–H and O–H groups in total. The molecule has 4 saturated heterocycles. The van der Waals surface area contributed by atoms with Gasteiger partial charge in [-0.2, -0.15) is 9.97 Å². The fraction of sp³-hybridized carbons (Fsp3) is 0.500. The van der Waals surface area contributed by atoms with Crippen LogP contribution in [-0.4, -0.2) is 82.5 Å². The van der Waals surface area contributed by atoms with Crippen LogP contribution in [0.3, 0.4) is 0 Å². The van der Waals surface area contributed by atoms with Crippen molar-refractivity contribution in [1.29, 1.82) is 0 Å². The predicted octanol–water partition coefficient (Wildman–Crippen LogP) is 5.20. The Morgan fingerprint density at radius 1 is 1.09 bits per heavy atom. The second kappa shape index (κ2) is 9.94. The van der Waals surface area contributed by atoms with Crippen LogP contribution < -0.4 is 19.7 Å². The molecule has 3 unspecified atom stereocenters. The smallest absolute Gasteiger partial charge is 0.319 e. The number of nitrogens with one attached hydrogen (secondary N) is 1. The number of hydrogen-bond donors (Lipinski definition) is 1. The lowest BCUT2D eigenvalue weighted by Gasteiger charge is -2.40. The first kappa shape index (κ1) is 26.7. The van der Waals surface area contributed by atoms with Gasteiger partial charge in [0.1, 0.15) is 41.8 Å². The first-order valence-electron chi connectivity index (χ1n) is 16.1. The molecule has 5 aliphatic heterocycles. The lowest BCUT2D eigenvalue weighted by molar-refractivity contribution is 0.107. The maximum atomic E-state index is 17.0. The van der Waals surface area contributed by atoms with Gasteiger partial charge in [0.2, 0.25) is 5.88 Å². The molecule has 5 atom stereocenters. The number of pyridine rings is 1. The van der Waals surface area contributed by atoms with Crippen LogP contribution in [0.1, 0.15) is 44.6 Å². The summed E-state index contributed by atoms with van der Waals surface area (Å²) >= 11 is 0. The summed E-state index contributed by atoms with van der Waals surface area (Å²) < 4.78 is 44.3. The molecule has 0 spiro atoms. The number of halogens is 2. The van der Waals surface area contributed by atoms with E-state index in [1.54, 1.807) is 0 Å². The van der Waals surface area contributed by atoms with Crippen LogP contribution in [0.15, 0.2) is 36.4 Å². The number of piperazine rings is 1. The zero-order valence-electron chi connectivity index (χ0n) is 24.9. The van der Waals surface area contributed by atoms with E-state index in [1.807, 2.05) is 30.3 Å². The van der Waals surface area contributed by atoms with Crippen molar-refractivity contribution >= 4 is 27.5 Å². The van der Waals surface area contributed by atoms with Crippen molar-refractivity contribution in [2.24, 2.45) is 0 Å². The van der Waals surface area contributed by atoms with Gasteiger partial charge in [-0.25, -0.2) is 13.8 Å². The number of anilines is 1. The fourth-order valence-electron chi connectivity index (χ4n) is 8.72. The van der Waals surface area contributed by atoms with Gasteiger partial charge in [0, 0.05) is 37.2 Å². The molecule has 5 aliphatic rings. The normalized spacial score (nSPS) is 29.1. The van der Waals surface area contributed by atoms with Crippen LogP contribution in [0, 0.1) is 5.82 Å². The van der Waals surface area contributed by atoms with Gasteiger partial charge >= 0.3 is 6.01 Å². The summed E-state index contributed by atoms with van der Waals surface area (Å²) in [6.07, 6.45) is 4.41. The molecule has 0 saturated carbocycles. The zero-order chi connectivity index (χ0) is 29.6. The van der Waals surface area contributed by atoms with Gasteiger partial charge in [0.05, 0.1) is 11.6 Å². The van der Waals surface area contributed by atoms with Crippen molar-refractivity contribution in [2.45, 2.75) is 75.3 Å². The molecular weight excluding hydrogens is 562 g/mol. The molecule has 2 aromatic heterocycles. The highest BCUT2D eigenvalue weighted by Gasteiger charge is 2.50. The molecule has 2 aromatic carbocycles. The molecule has 9 rings (SSSR count). The van der Waals surface area contributed by atoms with E-state index in [-0.39, 0.29) is 41.5 Å². The maximum absolute atomic E-state index is 17.0. The van der Waals surface area contributed by atoms with E-state index in [2.05, 4.69) is 28.1 Å². The second-order valence-electron chi connectivity index (χ2n) is 13.2. The summed E-state index contributed by atoms with van der Waals surface area (Å²) in [6, 6.07) is 12.8. The Balaban J connectivity index is 1.22. The number of aryl methyl sites for hydroxylation is 1. The molecule has 10 heteroatoms. The number of ether oxygens (including phenoxy) is 2. The molecule has 0 amide bonds. The van der Waals surface area contributed by atoms with Crippen LogP contribution in [0.2, 0.25) is 0 Å². The maximum Gasteiger partial charge on any atom is 0.319 e. The Bertz CT molecular complexity index is 1800. The third kappa shape index (κ3) is 3.96. The average Bonchev–Trinajstić information content (AvgIpc) is 3.67. The van der Waals surface area contributed by atoms with E-state index >= 15 is 4.39 Å². The van der Waals surface area contributed by atoms with Crippen molar-refractivity contribution in [3.05, 3.63) is 47.8 Å². The quantitative estimate of drug-likeness (QED) is 0.336. The highest BCUT2D eigenvalue weighted by Crippen LogP contribution is 2.45. The number of aromatic nitrogens is 3. The van der Waals surface area contributed by atoms with Gasteiger partial charge in [-0.3, -0.25) is 4.90 Å². The molecule has 0 radical (unpaired) electrons. The van der Waals surface area contributed by atoms with Crippen molar-refractivity contribution in [3.63, 3.8) is 0 Å². The van der Waals surface area contributed by atoms with Crippen molar-refractivity contribution in [1.82, 2.24) is 25.2 Å². The molecular formula is C34H36F2N6O2. The summed E-state index contributed by atoms with van der Waals surface area (Å²) in [5.41, 5.74) is 1.84. The minimum Gasteiger partial charge on any atom is -0.475 e. The van der Waals surface area contributed by atoms with Crippen molar-refractivity contribution in [2.75, 3.05) is 37.7 Å². The number of alkyl halides is 1. The first-order chi connectivity index (χ1) is 21.5. The predicted molar refractivity (Wildman–Crippen MR) is 165 cm³/mol. The SMILES string of the molecule is CCc1cccc2cccc(-c3nc4c5c(nc(OC[C@@]67CCCN6C[C@H](F)C7)nc5c3F)N3CC5CCC(N5)C3CO4)c12. The van der Waals surface area contributed by atoms with Gasteiger partial charge in [-0.15, -0.1) is 0 Å². The summed E-state index contributed by atoms with van der Waals surface area (Å²) in [5.74, 6) is 0.452. The topological polar surface area (TPSA) is 75.6 Å². The molecule has 228 valence electrons. The molecule has 7 heterocycles. The Morgan fingerprint density at radius 3 is 2.86 bits per heavy atom. The van der Waals surface area contributed by atoms with E-state index in [0.717, 1.165) is 61.5 Å². The minimum atomic E-state index is -0.863. The summed E-state index contributed by atoms with van der Waals surface area (Å²) in [7, 11) is 0.